The van der Waals surface area contributed by atoms with Crippen molar-refractivity contribution >= 4 is 44.1 Å². The quantitative estimate of drug-likeness (QED) is 0.197. The number of nitrogens with zero attached hydrogens (tertiary/aromatic N) is 3. The van der Waals surface area contributed by atoms with E-state index in [4.69, 9.17) is 9.47 Å². The van der Waals surface area contributed by atoms with Gasteiger partial charge in [0.25, 0.3) is 5.78 Å². The molecule has 2 aromatic heterocycles. The molecule has 0 bridgehead atoms. The summed E-state index contributed by atoms with van der Waals surface area (Å²) in [5.41, 5.74) is 1.63. The number of carbonyl (C=O) groups excluding carboxylic acids is 2. The number of ether oxygens (including phenoxy) is 2. The van der Waals surface area contributed by atoms with E-state index in [1.807, 2.05) is 39.0 Å². The van der Waals surface area contributed by atoms with Crippen LogP contribution >= 0.6 is 11.3 Å². The molecular formula is C28H25N3O5S. The summed E-state index contributed by atoms with van der Waals surface area (Å²) < 4.78 is 12.1. The standard InChI is InChI=1S/C28H25N3O5S/c1-4-35-20-11-12-21-22(14-20)37-28(30-21)31-24(18-6-5-13-29-15-18)23(26(33)27(31)34)25(32)17-7-9-19(10-8-17)36-16(2)3/h5-16,24,32H,4H2,1-3H3/b25-23+. The molecule has 9 heteroatoms. The molecule has 188 valence electrons. The number of amides is 1. The number of pyridine rings is 1. The van der Waals surface area contributed by atoms with E-state index in [2.05, 4.69) is 9.97 Å². The van der Waals surface area contributed by atoms with Crippen molar-refractivity contribution < 1.29 is 24.2 Å². The van der Waals surface area contributed by atoms with E-state index in [0.29, 0.717) is 39.9 Å². The zero-order chi connectivity index (χ0) is 26.1. The second kappa shape index (κ2) is 10.0. The van der Waals surface area contributed by atoms with Crippen molar-refractivity contribution in [1.29, 1.82) is 0 Å². The maximum atomic E-state index is 13.4. The zero-order valence-electron chi connectivity index (χ0n) is 20.5. The highest BCUT2D eigenvalue weighted by atomic mass is 32.1. The largest absolute Gasteiger partial charge is 0.507 e. The Balaban J connectivity index is 1.62. The summed E-state index contributed by atoms with van der Waals surface area (Å²) >= 11 is 1.28. The Bertz CT molecular complexity index is 1500. The van der Waals surface area contributed by atoms with Crippen molar-refractivity contribution in [1.82, 2.24) is 9.97 Å². The number of hydrogen-bond acceptors (Lipinski definition) is 8. The molecule has 1 aliphatic rings. The van der Waals surface area contributed by atoms with Crippen molar-refractivity contribution in [2.45, 2.75) is 32.9 Å². The van der Waals surface area contributed by atoms with E-state index < -0.39 is 17.7 Å². The molecule has 2 aromatic carbocycles. The maximum Gasteiger partial charge on any atom is 0.301 e. The van der Waals surface area contributed by atoms with Gasteiger partial charge in [0.05, 0.1) is 34.5 Å². The highest BCUT2D eigenvalue weighted by Crippen LogP contribution is 2.44. The normalized spacial score (nSPS) is 17.1. The van der Waals surface area contributed by atoms with Crippen molar-refractivity contribution in [3.05, 3.63) is 83.7 Å². The minimum Gasteiger partial charge on any atom is -0.507 e. The average Bonchev–Trinajstić information content (AvgIpc) is 3.42. The van der Waals surface area contributed by atoms with Crippen LogP contribution in [0.3, 0.4) is 0 Å². The van der Waals surface area contributed by atoms with Gasteiger partial charge in [-0.1, -0.05) is 17.4 Å². The van der Waals surface area contributed by atoms with Gasteiger partial charge < -0.3 is 14.6 Å². The third-order valence-electron chi connectivity index (χ3n) is 5.81. The summed E-state index contributed by atoms with van der Waals surface area (Å²) in [5, 5.41) is 11.6. The van der Waals surface area contributed by atoms with Crippen LogP contribution in [0.1, 0.15) is 37.9 Å². The van der Waals surface area contributed by atoms with Crippen LogP contribution in [0.25, 0.3) is 16.0 Å². The zero-order valence-corrected chi connectivity index (χ0v) is 21.4. The first-order valence-corrected chi connectivity index (χ1v) is 12.7. The molecule has 0 aliphatic carbocycles. The summed E-state index contributed by atoms with van der Waals surface area (Å²) in [6.45, 7) is 6.27. The fraction of sp³-hybridized carbons (Fsp3) is 0.214. The van der Waals surface area contributed by atoms with Gasteiger partial charge >= 0.3 is 5.91 Å². The molecule has 8 nitrogen and oxygen atoms in total. The van der Waals surface area contributed by atoms with Crippen molar-refractivity contribution in [2.24, 2.45) is 0 Å². The Kier molecular flexibility index (Phi) is 6.62. The second-order valence-corrected chi connectivity index (χ2v) is 9.71. The van der Waals surface area contributed by atoms with E-state index in [1.165, 1.54) is 16.2 Å². The van der Waals surface area contributed by atoms with E-state index in [-0.39, 0.29) is 17.4 Å². The summed E-state index contributed by atoms with van der Waals surface area (Å²) in [6.07, 6.45) is 3.18. The van der Waals surface area contributed by atoms with E-state index in [1.54, 1.807) is 48.8 Å². The molecular weight excluding hydrogens is 490 g/mol. The van der Waals surface area contributed by atoms with Crippen molar-refractivity contribution in [3.63, 3.8) is 0 Å². The fourth-order valence-electron chi connectivity index (χ4n) is 4.25. The molecule has 0 radical (unpaired) electrons. The van der Waals surface area contributed by atoms with Gasteiger partial charge in [-0.2, -0.15) is 0 Å². The van der Waals surface area contributed by atoms with E-state index in [9.17, 15) is 14.7 Å². The summed E-state index contributed by atoms with van der Waals surface area (Å²) in [4.78, 5) is 36.9. The molecule has 1 fully saturated rings. The number of carbonyl (C=O) groups is 2. The number of aliphatic hydroxyl groups is 1. The Morgan fingerprint density at radius 2 is 1.86 bits per heavy atom. The molecule has 4 aromatic rings. The Hall–Kier alpha value is -4.24. The minimum atomic E-state index is -0.896. The lowest BCUT2D eigenvalue weighted by molar-refractivity contribution is -0.132. The van der Waals surface area contributed by atoms with Crippen LogP contribution in [0, 0.1) is 0 Å². The van der Waals surface area contributed by atoms with Gasteiger partial charge in [-0.05, 0) is 74.9 Å². The number of anilines is 1. The van der Waals surface area contributed by atoms with E-state index in [0.717, 1.165) is 4.70 Å². The molecule has 1 atom stereocenters. The summed E-state index contributed by atoms with van der Waals surface area (Å²) in [7, 11) is 0. The number of rotatable bonds is 7. The number of Topliss-reactive ketones (excluding diaryl/α,β-unsaturated/α-hetero) is 1. The predicted octanol–water partition coefficient (Wildman–Crippen LogP) is 5.50. The van der Waals surface area contributed by atoms with Crippen LogP contribution in [0.2, 0.25) is 0 Å². The van der Waals surface area contributed by atoms with Gasteiger partial charge in [-0.15, -0.1) is 0 Å². The number of thiazole rings is 1. The van der Waals surface area contributed by atoms with Crippen LogP contribution in [0.4, 0.5) is 5.13 Å². The van der Waals surface area contributed by atoms with Crippen LogP contribution < -0.4 is 14.4 Å². The van der Waals surface area contributed by atoms with Crippen LogP contribution in [0.5, 0.6) is 11.5 Å². The number of hydrogen-bond donors (Lipinski definition) is 1. The van der Waals surface area contributed by atoms with Crippen LogP contribution in [-0.4, -0.2) is 39.5 Å². The molecule has 1 aliphatic heterocycles. The number of ketones is 1. The number of benzene rings is 2. The maximum absolute atomic E-state index is 13.4. The molecule has 1 saturated heterocycles. The summed E-state index contributed by atoms with van der Waals surface area (Å²) in [5.74, 6) is -0.495. The van der Waals surface area contributed by atoms with Crippen molar-refractivity contribution in [3.8, 4) is 11.5 Å². The Morgan fingerprint density at radius 1 is 1.11 bits per heavy atom. The first-order chi connectivity index (χ1) is 17.9. The van der Waals surface area contributed by atoms with Gasteiger partial charge in [0.1, 0.15) is 17.3 Å². The van der Waals surface area contributed by atoms with Gasteiger partial charge in [-0.25, -0.2) is 4.98 Å². The average molecular weight is 516 g/mol. The number of aromatic nitrogens is 2. The van der Waals surface area contributed by atoms with Crippen molar-refractivity contribution in [2.75, 3.05) is 11.5 Å². The molecule has 1 unspecified atom stereocenters. The predicted molar refractivity (Wildman–Crippen MR) is 142 cm³/mol. The lowest BCUT2D eigenvalue weighted by Crippen LogP contribution is -2.29. The van der Waals surface area contributed by atoms with Crippen LogP contribution in [0.15, 0.2) is 72.6 Å². The molecule has 1 amide bonds. The second-order valence-electron chi connectivity index (χ2n) is 8.71. The first kappa shape index (κ1) is 24.5. The lowest BCUT2D eigenvalue weighted by atomic mass is 9.96. The van der Waals surface area contributed by atoms with Gasteiger partial charge in [0.15, 0.2) is 5.13 Å². The lowest BCUT2D eigenvalue weighted by Gasteiger charge is -2.22. The third kappa shape index (κ3) is 4.65. The number of fused-ring (bicyclic) bond motifs is 1. The topological polar surface area (TPSA) is 102 Å². The van der Waals surface area contributed by atoms with Crippen LogP contribution in [-0.2, 0) is 9.59 Å². The highest BCUT2D eigenvalue weighted by Gasteiger charge is 2.48. The fourth-order valence-corrected chi connectivity index (χ4v) is 5.27. The SMILES string of the molecule is CCOc1ccc2nc(N3C(=O)C(=O)/C(=C(/O)c4ccc(OC(C)C)cc4)C3c3cccnc3)sc2c1. The number of aliphatic hydroxyl groups excluding tert-OH is 1. The van der Waals surface area contributed by atoms with Gasteiger partial charge in [0, 0.05) is 18.0 Å². The molecule has 37 heavy (non-hydrogen) atoms. The molecule has 1 N–H and O–H groups in total. The molecule has 3 heterocycles. The van der Waals surface area contributed by atoms with E-state index >= 15 is 0 Å². The molecule has 5 rings (SSSR count). The monoisotopic (exact) mass is 515 g/mol. The minimum absolute atomic E-state index is 0.00576. The molecule has 0 spiro atoms. The first-order valence-electron chi connectivity index (χ1n) is 11.9. The van der Waals surface area contributed by atoms with Gasteiger partial charge in [0.2, 0.25) is 0 Å². The Morgan fingerprint density at radius 3 is 2.54 bits per heavy atom. The summed E-state index contributed by atoms with van der Waals surface area (Å²) in [6, 6.07) is 14.8. The molecule has 0 saturated carbocycles. The van der Waals surface area contributed by atoms with Gasteiger partial charge in [-0.3, -0.25) is 19.5 Å². The highest BCUT2D eigenvalue weighted by molar-refractivity contribution is 7.22. The smallest absolute Gasteiger partial charge is 0.301 e. The Labute approximate surface area is 217 Å². The third-order valence-corrected chi connectivity index (χ3v) is 6.83.